The predicted molar refractivity (Wildman–Crippen MR) is 70.1 cm³/mol. The summed E-state index contributed by atoms with van der Waals surface area (Å²) >= 11 is 0. The van der Waals surface area contributed by atoms with Gasteiger partial charge in [0.2, 0.25) is 0 Å². The molecule has 1 atom stereocenters. The summed E-state index contributed by atoms with van der Waals surface area (Å²) in [4.78, 5) is 2.32. The van der Waals surface area contributed by atoms with Gasteiger partial charge in [0.1, 0.15) is 11.6 Å². The first-order chi connectivity index (χ1) is 9.19. The number of benzene rings is 1. The molecular weight excluding hydrogens is 245 g/mol. The van der Waals surface area contributed by atoms with E-state index in [-0.39, 0.29) is 18.0 Å². The Morgan fingerprint density at radius 2 is 2.16 bits per heavy atom. The molecule has 1 saturated carbocycles. The molecule has 1 saturated heterocycles. The molecule has 19 heavy (non-hydrogen) atoms. The van der Waals surface area contributed by atoms with Gasteiger partial charge in [0.25, 0.3) is 0 Å². The molecule has 2 aliphatic rings. The molecule has 1 N–H and O–H groups in total. The van der Waals surface area contributed by atoms with Gasteiger partial charge in [-0.15, -0.1) is 0 Å². The third-order valence-electron chi connectivity index (χ3n) is 4.15. The normalized spacial score (nSPS) is 25.5. The number of hydrogen-bond donors (Lipinski definition) is 1. The van der Waals surface area contributed by atoms with Gasteiger partial charge in [-0.05, 0) is 50.4 Å². The Balaban J connectivity index is 1.85. The summed E-state index contributed by atoms with van der Waals surface area (Å²) in [5.74, 6) is 0.528. The Morgan fingerprint density at radius 3 is 2.84 bits per heavy atom. The maximum atomic E-state index is 13.5. The molecule has 0 amide bonds. The van der Waals surface area contributed by atoms with E-state index < -0.39 is 0 Å². The second-order valence-electron chi connectivity index (χ2n) is 5.37. The van der Waals surface area contributed by atoms with Crippen molar-refractivity contribution >= 4 is 0 Å². The van der Waals surface area contributed by atoms with Crippen molar-refractivity contribution in [2.24, 2.45) is 0 Å². The fourth-order valence-corrected chi connectivity index (χ4v) is 3.15. The molecule has 0 aromatic heterocycles. The van der Waals surface area contributed by atoms with Crippen molar-refractivity contribution in [3.8, 4) is 5.75 Å². The van der Waals surface area contributed by atoms with Gasteiger partial charge in [0, 0.05) is 17.6 Å². The second-order valence-corrected chi connectivity index (χ2v) is 5.37. The monoisotopic (exact) mass is 264 g/mol. The van der Waals surface area contributed by atoms with Crippen molar-refractivity contribution < 1.29 is 14.2 Å². The third-order valence-corrected chi connectivity index (χ3v) is 4.15. The van der Waals surface area contributed by atoms with Crippen LogP contribution in [0.1, 0.15) is 37.3 Å². The number of methoxy groups -OCH3 is 1. The van der Waals surface area contributed by atoms with Gasteiger partial charge in [-0.1, -0.05) is 0 Å². The average molecular weight is 264 g/mol. The highest BCUT2D eigenvalue weighted by Crippen LogP contribution is 2.45. The van der Waals surface area contributed by atoms with E-state index in [4.69, 9.17) is 4.74 Å². The van der Waals surface area contributed by atoms with Crippen LogP contribution in [-0.4, -0.2) is 29.8 Å². The molecule has 1 aliphatic heterocycles. The fraction of sp³-hybridized carbons (Fsp3) is 0.533. The van der Waals surface area contributed by atoms with E-state index in [1.807, 2.05) is 0 Å². The molecule has 0 spiro atoms. The number of likely N-dealkylation sites (tertiary alicyclic amines) is 1. The quantitative estimate of drug-likeness (QED) is 0.911. The molecule has 0 unspecified atom stereocenters. The van der Waals surface area contributed by atoms with Crippen molar-refractivity contribution in [2.75, 3.05) is 13.7 Å². The maximum absolute atomic E-state index is 13.5. The van der Waals surface area contributed by atoms with Gasteiger partial charge < -0.3 is 9.84 Å². The van der Waals surface area contributed by atoms with Gasteiger partial charge in [0.05, 0.1) is 13.2 Å². The van der Waals surface area contributed by atoms with E-state index >= 15 is 0 Å². The van der Waals surface area contributed by atoms with Gasteiger partial charge in [0.15, 0.2) is 0 Å². The van der Waals surface area contributed by atoms with E-state index in [1.165, 1.54) is 12.1 Å². The fourth-order valence-electron chi connectivity index (χ4n) is 3.15. The standard InChI is InChI=1S/C15H19FNO2/c1-19-15-5-4-10(16)7-13(15)14-3-2-6-17(14)11-8-12(18)9-11/h4-5,7,12,14,18H,2-3,6,8-9H2,1H3/t14-/m1/s1. The van der Waals surface area contributed by atoms with Crippen molar-refractivity contribution in [1.82, 2.24) is 4.90 Å². The van der Waals surface area contributed by atoms with Crippen molar-refractivity contribution in [3.63, 3.8) is 0 Å². The first kappa shape index (κ1) is 12.9. The molecule has 1 aliphatic carbocycles. The molecule has 1 radical (unpaired) electrons. The summed E-state index contributed by atoms with van der Waals surface area (Å²) in [6.45, 7) is 0.992. The zero-order valence-corrected chi connectivity index (χ0v) is 11.1. The van der Waals surface area contributed by atoms with Gasteiger partial charge in [-0.2, -0.15) is 0 Å². The van der Waals surface area contributed by atoms with Crippen LogP contribution in [0, 0.1) is 11.9 Å². The lowest BCUT2D eigenvalue weighted by Crippen LogP contribution is -2.40. The van der Waals surface area contributed by atoms with Crippen LogP contribution in [-0.2, 0) is 0 Å². The Labute approximate surface area is 113 Å². The van der Waals surface area contributed by atoms with E-state index in [9.17, 15) is 9.50 Å². The largest absolute Gasteiger partial charge is 0.496 e. The van der Waals surface area contributed by atoms with Gasteiger partial charge in [-0.25, -0.2) is 4.39 Å². The summed E-state index contributed by atoms with van der Waals surface area (Å²) in [6, 6.07) is 6.19. The minimum atomic E-state index is -0.221. The second kappa shape index (κ2) is 5.10. The lowest BCUT2D eigenvalue weighted by molar-refractivity contribution is 0.0547. The minimum absolute atomic E-state index is 0.188. The topological polar surface area (TPSA) is 32.7 Å². The number of aliphatic hydroxyl groups is 1. The molecule has 2 fully saturated rings. The number of halogens is 1. The number of ether oxygens (including phenoxy) is 1. The lowest BCUT2D eigenvalue weighted by Gasteiger charge is -2.41. The minimum Gasteiger partial charge on any atom is -0.496 e. The van der Waals surface area contributed by atoms with Crippen LogP contribution in [0.25, 0.3) is 0 Å². The molecule has 103 valence electrons. The van der Waals surface area contributed by atoms with Gasteiger partial charge >= 0.3 is 0 Å². The zero-order valence-electron chi connectivity index (χ0n) is 11.1. The van der Waals surface area contributed by atoms with Gasteiger partial charge in [-0.3, -0.25) is 4.90 Å². The van der Waals surface area contributed by atoms with Crippen LogP contribution in [0.3, 0.4) is 0 Å². The van der Waals surface area contributed by atoms with E-state index in [1.54, 1.807) is 19.2 Å². The summed E-state index contributed by atoms with van der Waals surface area (Å²) in [6.07, 6.45) is 3.44. The molecule has 0 bridgehead atoms. The highest BCUT2D eigenvalue weighted by Gasteiger charge is 2.40. The molecule has 1 heterocycles. The molecule has 4 heteroatoms. The number of hydrogen-bond acceptors (Lipinski definition) is 3. The zero-order chi connectivity index (χ0) is 13.4. The Morgan fingerprint density at radius 1 is 1.37 bits per heavy atom. The van der Waals surface area contributed by atoms with Crippen LogP contribution in [0.2, 0.25) is 0 Å². The van der Waals surface area contributed by atoms with Crippen LogP contribution >= 0.6 is 0 Å². The first-order valence-electron chi connectivity index (χ1n) is 6.82. The van der Waals surface area contributed by atoms with Crippen molar-refractivity contribution in [1.29, 1.82) is 0 Å². The number of nitrogens with zero attached hydrogens (tertiary/aromatic N) is 1. The number of aliphatic hydroxyl groups excluding tert-OH is 1. The lowest BCUT2D eigenvalue weighted by atomic mass is 9.87. The van der Waals surface area contributed by atoms with E-state index in [2.05, 4.69) is 4.90 Å². The van der Waals surface area contributed by atoms with E-state index in [0.717, 1.165) is 43.5 Å². The van der Waals surface area contributed by atoms with Crippen LogP contribution in [0.5, 0.6) is 5.75 Å². The van der Waals surface area contributed by atoms with Crippen molar-refractivity contribution in [2.45, 2.75) is 37.8 Å². The maximum Gasteiger partial charge on any atom is 0.123 e. The number of rotatable bonds is 3. The highest BCUT2D eigenvalue weighted by atomic mass is 19.1. The molecule has 3 rings (SSSR count). The summed E-state index contributed by atoms with van der Waals surface area (Å²) in [5, 5.41) is 9.45. The molecule has 3 nitrogen and oxygen atoms in total. The summed E-state index contributed by atoms with van der Waals surface area (Å²) < 4.78 is 18.9. The van der Waals surface area contributed by atoms with E-state index in [0.29, 0.717) is 0 Å². The molecule has 1 aromatic rings. The Kier molecular flexibility index (Phi) is 3.46. The van der Waals surface area contributed by atoms with Crippen LogP contribution in [0.4, 0.5) is 4.39 Å². The Bertz CT molecular complexity index is 459. The smallest absolute Gasteiger partial charge is 0.123 e. The van der Waals surface area contributed by atoms with Crippen LogP contribution < -0.4 is 4.74 Å². The van der Waals surface area contributed by atoms with Crippen LogP contribution in [0.15, 0.2) is 18.2 Å². The first-order valence-corrected chi connectivity index (χ1v) is 6.82. The molecule has 1 aromatic carbocycles. The predicted octanol–water partition coefficient (Wildman–Crippen LogP) is 2.66. The SMILES string of the molecule is COc1ccc(F)cc1[C@H]1CCCN1[C]1CC(O)C1. The van der Waals surface area contributed by atoms with Crippen molar-refractivity contribution in [3.05, 3.63) is 35.6 Å². The summed E-state index contributed by atoms with van der Waals surface area (Å²) in [5.41, 5.74) is 0.925. The third kappa shape index (κ3) is 2.35. The molecular formula is C15H19FNO2. The summed E-state index contributed by atoms with van der Waals surface area (Å²) in [7, 11) is 1.62. The Hall–Kier alpha value is -1.13. The average Bonchev–Trinajstić information content (AvgIpc) is 2.83. The highest BCUT2D eigenvalue weighted by molar-refractivity contribution is 5.37.